The second kappa shape index (κ2) is 7.76. The molecule has 0 atom stereocenters. The molecule has 0 amide bonds. The lowest BCUT2D eigenvalue weighted by molar-refractivity contribution is 0.00578. The topological polar surface area (TPSA) is 64.0 Å². The summed E-state index contributed by atoms with van der Waals surface area (Å²) in [4.78, 5) is 2.23. The molecule has 2 aliphatic heterocycles. The van der Waals surface area contributed by atoms with Crippen molar-refractivity contribution in [1.82, 2.24) is 4.90 Å². The number of benzene rings is 1. The Morgan fingerprint density at radius 3 is 2.41 bits per heavy atom. The quantitative estimate of drug-likeness (QED) is 0.730. The van der Waals surface area contributed by atoms with Crippen LogP contribution in [0.15, 0.2) is 12.1 Å². The van der Waals surface area contributed by atoms with Gasteiger partial charge in [-0.15, -0.1) is 0 Å². The molecule has 0 aromatic heterocycles. The van der Waals surface area contributed by atoms with Crippen molar-refractivity contribution in [2.24, 2.45) is 0 Å². The van der Waals surface area contributed by atoms with Crippen LogP contribution in [-0.2, 0) is 14.0 Å². The molecule has 27 heavy (non-hydrogen) atoms. The lowest BCUT2D eigenvalue weighted by atomic mass is 9.78. The standard InChI is InChI=1S/C19H26BFN2O4/c1-18(2)19(3,4)27-20(26-18)15-12-17(14(13-22)11-16(15)21)25-10-7-23-5-8-24-9-6-23/h11-12H,5-10H2,1-4H3. The van der Waals surface area contributed by atoms with Crippen molar-refractivity contribution in [3.63, 3.8) is 0 Å². The van der Waals surface area contributed by atoms with Gasteiger partial charge in [0, 0.05) is 25.1 Å². The third-order valence-electron chi connectivity index (χ3n) is 5.50. The van der Waals surface area contributed by atoms with Gasteiger partial charge in [0.05, 0.1) is 30.0 Å². The van der Waals surface area contributed by atoms with Crippen LogP contribution in [0.1, 0.15) is 33.3 Å². The van der Waals surface area contributed by atoms with Crippen molar-refractivity contribution < 1.29 is 23.2 Å². The van der Waals surface area contributed by atoms with E-state index in [1.165, 1.54) is 12.1 Å². The molecule has 0 spiro atoms. The average Bonchev–Trinajstić information content (AvgIpc) is 2.84. The molecule has 0 unspecified atom stereocenters. The van der Waals surface area contributed by atoms with Crippen LogP contribution in [0.3, 0.4) is 0 Å². The number of hydrogen-bond donors (Lipinski definition) is 0. The van der Waals surface area contributed by atoms with Crippen molar-refractivity contribution in [2.45, 2.75) is 38.9 Å². The summed E-state index contributed by atoms with van der Waals surface area (Å²) >= 11 is 0. The zero-order valence-electron chi connectivity index (χ0n) is 16.4. The van der Waals surface area contributed by atoms with Crippen LogP contribution >= 0.6 is 0 Å². The van der Waals surface area contributed by atoms with Gasteiger partial charge < -0.3 is 18.8 Å². The fraction of sp³-hybridized carbons (Fsp3) is 0.632. The number of nitriles is 1. The number of ether oxygens (including phenoxy) is 2. The lowest BCUT2D eigenvalue weighted by Gasteiger charge is -2.32. The summed E-state index contributed by atoms with van der Waals surface area (Å²) in [5.74, 6) is -0.192. The summed E-state index contributed by atoms with van der Waals surface area (Å²) in [5.41, 5.74) is -0.742. The minimum Gasteiger partial charge on any atom is -0.491 e. The van der Waals surface area contributed by atoms with Gasteiger partial charge in [-0.25, -0.2) is 4.39 Å². The molecule has 0 bridgehead atoms. The van der Waals surface area contributed by atoms with Crippen molar-refractivity contribution in [2.75, 3.05) is 39.5 Å². The Bertz CT molecular complexity index is 713. The third kappa shape index (κ3) is 4.27. The smallest absolute Gasteiger partial charge is 0.491 e. The molecule has 6 nitrogen and oxygen atoms in total. The first-order chi connectivity index (χ1) is 12.7. The van der Waals surface area contributed by atoms with E-state index in [9.17, 15) is 9.65 Å². The number of nitrogens with zero attached hydrogens (tertiary/aromatic N) is 2. The van der Waals surface area contributed by atoms with E-state index in [1.54, 1.807) is 0 Å². The summed E-state index contributed by atoms with van der Waals surface area (Å²) in [5, 5.41) is 9.33. The van der Waals surface area contributed by atoms with Crippen LogP contribution in [0, 0.1) is 17.1 Å². The van der Waals surface area contributed by atoms with Crippen LogP contribution in [0.5, 0.6) is 5.75 Å². The predicted molar refractivity (Wildman–Crippen MR) is 99.6 cm³/mol. The molecule has 0 radical (unpaired) electrons. The molecule has 146 valence electrons. The largest absolute Gasteiger partial charge is 0.497 e. The van der Waals surface area contributed by atoms with Crippen LogP contribution in [0.25, 0.3) is 0 Å². The van der Waals surface area contributed by atoms with Gasteiger partial charge in [-0.3, -0.25) is 4.90 Å². The van der Waals surface area contributed by atoms with E-state index in [4.69, 9.17) is 18.8 Å². The number of morpholine rings is 1. The third-order valence-corrected chi connectivity index (χ3v) is 5.50. The molecule has 3 rings (SSSR count). The van der Waals surface area contributed by atoms with Gasteiger partial charge in [0.2, 0.25) is 0 Å². The van der Waals surface area contributed by atoms with E-state index in [-0.39, 0.29) is 11.0 Å². The van der Waals surface area contributed by atoms with E-state index in [0.29, 0.717) is 25.6 Å². The van der Waals surface area contributed by atoms with E-state index in [1.807, 2.05) is 33.8 Å². The van der Waals surface area contributed by atoms with Gasteiger partial charge in [0.1, 0.15) is 24.2 Å². The fourth-order valence-electron chi connectivity index (χ4n) is 3.04. The Balaban J connectivity index is 1.74. The first-order valence-corrected chi connectivity index (χ1v) is 9.25. The maximum absolute atomic E-state index is 14.6. The van der Waals surface area contributed by atoms with Crippen LogP contribution in [0.2, 0.25) is 0 Å². The molecule has 0 N–H and O–H groups in total. The molecule has 2 fully saturated rings. The van der Waals surface area contributed by atoms with E-state index in [2.05, 4.69) is 4.90 Å². The van der Waals surface area contributed by atoms with Crippen LogP contribution in [-0.4, -0.2) is 62.7 Å². The van der Waals surface area contributed by atoms with Crippen molar-refractivity contribution in [1.29, 1.82) is 5.26 Å². The van der Waals surface area contributed by atoms with E-state index in [0.717, 1.165) is 19.6 Å². The first kappa shape index (κ1) is 20.1. The molecular weight excluding hydrogens is 350 g/mol. The highest BCUT2D eigenvalue weighted by atomic mass is 19.1. The Hall–Kier alpha value is -1.66. The Kier molecular flexibility index (Phi) is 5.77. The highest BCUT2D eigenvalue weighted by Crippen LogP contribution is 2.37. The van der Waals surface area contributed by atoms with Crippen LogP contribution < -0.4 is 10.2 Å². The molecule has 1 aromatic carbocycles. The zero-order chi connectivity index (χ0) is 19.7. The van der Waals surface area contributed by atoms with Crippen molar-refractivity contribution in [3.05, 3.63) is 23.5 Å². The molecule has 2 saturated heterocycles. The second-order valence-electron chi connectivity index (χ2n) is 7.87. The normalized spacial score (nSPS) is 21.9. The first-order valence-electron chi connectivity index (χ1n) is 9.25. The molecule has 2 heterocycles. The number of hydrogen-bond acceptors (Lipinski definition) is 6. The second-order valence-corrected chi connectivity index (χ2v) is 7.87. The van der Waals surface area contributed by atoms with Gasteiger partial charge in [-0.1, -0.05) is 0 Å². The van der Waals surface area contributed by atoms with Gasteiger partial charge >= 0.3 is 7.12 Å². The van der Waals surface area contributed by atoms with Gasteiger partial charge in [0.15, 0.2) is 0 Å². The Labute approximate surface area is 160 Å². The molecule has 2 aliphatic rings. The van der Waals surface area contributed by atoms with Crippen molar-refractivity contribution >= 4 is 12.6 Å². The van der Waals surface area contributed by atoms with Crippen LogP contribution in [0.4, 0.5) is 4.39 Å². The average molecular weight is 376 g/mol. The SMILES string of the molecule is CC1(C)OB(c2cc(OCCN3CCOCC3)c(C#N)cc2F)OC1(C)C. The molecular formula is C19H26BFN2O4. The van der Waals surface area contributed by atoms with Gasteiger partial charge in [0.25, 0.3) is 0 Å². The Morgan fingerprint density at radius 2 is 1.81 bits per heavy atom. The minimum atomic E-state index is -0.843. The minimum absolute atomic E-state index is 0.162. The zero-order valence-corrected chi connectivity index (χ0v) is 16.4. The lowest BCUT2D eigenvalue weighted by Crippen LogP contribution is -2.41. The maximum atomic E-state index is 14.6. The molecule has 8 heteroatoms. The summed E-state index contributed by atoms with van der Waals surface area (Å²) in [6.45, 7) is 11.9. The highest BCUT2D eigenvalue weighted by molar-refractivity contribution is 6.62. The molecule has 1 aromatic rings. The predicted octanol–water partition coefficient (Wildman–Crippen LogP) is 1.71. The summed E-state index contributed by atoms with van der Waals surface area (Å²) in [6, 6.07) is 4.70. The highest BCUT2D eigenvalue weighted by Gasteiger charge is 2.52. The Morgan fingerprint density at radius 1 is 1.19 bits per heavy atom. The van der Waals surface area contributed by atoms with Gasteiger partial charge in [-0.2, -0.15) is 5.26 Å². The molecule has 0 aliphatic carbocycles. The summed E-state index contributed by atoms with van der Waals surface area (Å²) < 4.78 is 37.6. The summed E-state index contributed by atoms with van der Waals surface area (Å²) in [7, 11) is -0.843. The number of rotatable bonds is 5. The number of halogens is 1. The van der Waals surface area contributed by atoms with E-state index >= 15 is 0 Å². The monoisotopic (exact) mass is 376 g/mol. The molecule has 0 saturated carbocycles. The van der Waals surface area contributed by atoms with Crippen molar-refractivity contribution in [3.8, 4) is 11.8 Å². The van der Waals surface area contributed by atoms with Gasteiger partial charge in [-0.05, 0) is 39.8 Å². The summed E-state index contributed by atoms with van der Waals surface area (Å²) in [6.07, 6.45) is 0. The fourth-order valence-corrected chi connectivity index (χ4v) is 3.04. The maximum Gasteiger partial charge on any atom is 0.497 e. The van der Waals surface area contributed by atoms with E-state index < -0.39 is 24.1 Å².